The van der Waals surface area contributed by atoms with Gasteiger partial charge in [0.15, 0.2) is 12.6 Å². The van der Waals surface area contributed by atoms with Gasteiger partial charge in [-0.1, -0.05) is 46.3 Å². The van der Waals surface area contributed by atoms with E-state index in [9.17, 15) is 55.9 Å². The molecule has 0 aromatic heterocycles. The van der Waals surface area contributed by atoms with Crippen molar-refractivity contribution in [3.63, 3.8) is 0 Å². The van der Waals surface area contributed by atoms with Gasteiger partial charge in [-0.25, -0.2) is 0 Å². The van der Waals surface area contributed by atoms with Crippen LogP contribution in [0.4, 0.5) is 0 Å². The zero-order valence-corrected chi connectivity index (χ0v) is 34.0. The Morgan fingerprint density at radius 1 is 0.754 bits per heavy atom. The van der Waals surface area contributed by atoms with Gasteiger partial charge in [0.1, 0.15) is 48.8 Å². The van der Waals surface area contributed by atoms with Gasteiger partial charge in [-0.3, -0.25) is 4.79 Å². The Bertz CT molecular complexity index is 1510. The Balaban J connectivity index is 1.14. The molecule has 21 atom stereocenters. The van der Waals surface area contributed by atoms with Crippen molar-refractivity contribution >= 4 is 5.97 Å². The molecule has 0 amide bonds. The van der Waals surface area contributed by atoms with E-state index in [4.69, 9.17) is 18.9 Å². The molecule has 7 aliphatic rings. The minimum absolute atomic E-state index is 0.0227. The molecule has 0 radical (unpaired) electrons. The van der Waals surface area contributed by atoms with Crippen molar-refractivity contribution in [2.75, 3.05) is 26.4 Å². The zero-order chi connectivity index (χ0) is 41.6. The molecular formula is C42H68O15. The van der Waals surface area contributed by atoms with Crippen molar-refractivity contribution < 1.29 is 74.8 Å². The van der Waals surface area contributed by atoms with Crippen LogP contribution >= 0.6 is 0 Å². The van der Waals surface area contributed by atoms with Crippen molar-refractivity contribution in [1.29, 1.82) is 0 Å². The molecule has 0 bridgehead atoms. The van der Waals surface area contributed by atoms with Gasteiger partial charge in [-0.15, -0.1) is 0 Å². The van der Waals surface area contributed by atoms with E-state index in [0.29, 0.717) is 25.7 Å². The predicted octanol–water partition coefficient (Wildman–Crippen LogP) is 0.683. The maximum atomic E-state index is 13.4. The van der Waals surface area contributed by atoms with Crippen molar-refractivity contribution in [3.05, 3.63) is 11.6 Å². The molecule has 0 aromatic carbocycles. The third-order valence-corrected chi connectivity index (χ3v) is 17.7. The lowest BCUT2D eigenvalue weighted by Crippen LogP contribution is -2.67. The fourth-order valence-corrected chi connectivity index (χ4v) is 14.0. The van der Waals surface area contributed by atoms with E-state index in [-0.39, 0.29) is 59.0 Å². The van der Waals surface area contributed by atoms with Gasteiger partial charge in [0.05, 0.1) is 37.9 Å². The van der Waals surface area contributed by atoms with Crippen molar-refractivity contribution in [3.8, 4) is 0 Å². The molecule has 0 spiro atoms. The van der Waals surface area contributed by atoms with E-state index < -0.39 is 97.5 Å². The molecule has 2 saturated heterocycles. The summed E-state index contributed by atoms with van der Waals surface area (Å²) >= 11 is 0. The molecule has 6 fully saturated rings. The summed E-state index contributed by atoms with van der Waals surface area (Å²) in [5.41, 5.74) is -1.23. The highest BCUT2D eigenvalue weighted by molar-refractivity contribution is 5.76. The predicted molar refractivity (Wildman–Crippen MR) is 201 cm³/mol. The van der Waals surface area contributed by atoms with E-state index in [1.54, 1.807) is 0 Å². The first-order valence-corrected chi connectivity index (χ1v) is 21.2. The smallest absolute Gasteiger partial charge is 0.310 e. The molecule has 10 N–H and O–H groups in total. The maximum absolute atomic E-state index is 13.4. The molecular weight excluding hydrogens is 744 g/mol. The Morgan fingerprint density at radius 2 is 1.37 bits per heavy atom. The Kier molecular flexibility index (Phi) is 11.9. The van der Waals surface area contributed by atoms with E-state index in [2.05, 4.69) is 33.8 Å². The minimum atomic E-state index is -1.57. The first-order chi connectivity index (χ1) is 26.8. The quantitative estimate of drug-likeness (QED) is 0.114. The van der Waals surface area contributed by atoms with Crippen molar-refractivity contribution in [2.24, 2.45) is 56.7 Å². The van der Waals surface area contributed by atoms with E-state index in [1.807, 2.05) is 6.92 Å². The summed E-state index contributed by atoms with van der Waals surface area (Å²) in [6, 6.07) is 0. The van der Waals surface area contributed by atoms with E-state index in [1.165, 1.54) is 5.57 Å². The summed E-state index contributed by atoms with van der Waals surface area (Å²) in [6.07, 6.45) is -6.08. The van der Waals surface area contributed by atoms with Gasteiger partial charge in [0.25, 0.3) is 0 Å². The molecule has 7 rings (SSSR count). The number of ether oxygens (including phenoxy) is 4. The second-order valence-corrected chi connectivity index (χ2v) is 19.9. The lowest BCUT2D eigenvalue weighted by molar-refractivity contribution is -0.333. The number of carboxylic acid groups (broad SMARTS) is 1. The number of carboxylic acids is 1. The van der Waals surface area contributed by atoms with E-state index >= 15 is 0 Å². The van der Waals surface area contributed by atoms with Crippen LogP contribution in [-0.2, 0) is 23.7 Å². The number of allylic oxidation sites excluding steroid dienone is 2. The van der Waals surface area contributed by atoms with Crippen LogP contribution in [-0.4, -0.2) is 151 Å². The average Bonchev–Trinajstić information content (AvgIpc) is 3.18. The summed E-state index contributed by atoms with van der Waals surface area (Å²) in [5, 5.41) is 104. The van der Waals surface area contributed by atoms with E-state index in [0.717, 1.165) is 32.1 Å². The largest absolute Gasteiger partial charge is 0.481 e. The molecule has 2 aliphatic heterocycles. The van der Waals surface area contributed by atoms with Crippen LogP contribution in [0.5, 0.6) is 0 Å². The summed E-state index contributed by atoms with van der Waals surface area (Å²) in [7, 11) is 0. The third kappa shape index (κ3) is 6.43. The molecule has 0 aromatic rings. The van der Waals surface area contributed by atoms with Crippen LogP contribution in [0.3, 0.4) is 0 Å². The van der Waals surface area contributed by atoms with Gasteiger partial charge in [-0.05, 0) is 104 Å². The normalized spacial score (nSPS) is 55.1. The number of aliphatic hydroxyl groups is 9. The van der Waals surface area contributed by atoms with Gasteiger partial charge in [0, 0.05) is 5.41 Å². The molecule has 15 heteroatoms. The average molecular weight is 813 g/mol. The number of rotatable bonds is 9. The first-order valence-electron chi connectivity index (χ1n) is 21.2. The van der Waals surface area contributed by atoms with Gasteiger partial charge in [0.2, 0.25) is 0 Å². The summed E-state index contributed by atoms with van der Waals surface area (Å²) in [6.45, 7) is 10.0. The summed E-state index contributed by atoms with van der Waals surface area (Å²) < 4.78 is 23.9. The molecule has 21 unspecified atom stereocenters. The maximum Gasteiger partial charge on any atom is 0.310 e. The zero-order valence-electron chi connectivity index (χ0n) is 34.0. The van der Waals surface area contributed by atoms with Crippen LogP contribution in [0.2, 0.25) is 0 Å². The molecule has 4 saturated carbocycles. The first kappa shape index (κ1) is 43.8. The fraction of sp³-hybridized carbons (Fsp3) is 0.929. The van der Waals surface area contributed by atoms with Gasteiger partial charge >= 0.3 is 5.97 Å². The highest BCUT2D eigenvalue weighted by atomic mass is 16.7. The lowest BCUT2D eigenvalue weighted by atomic mass is 9.33. The minimum Gasteiger partial charge on any atom is -0.481 e. The third-order valence-electron chi connectivity index (χ3n) is 17.7. The Morgan fingerprint density at radius 3 is 1.96 bits per heavy atom. The molecule has 57 heavy (non-hydrogen) atoms. The second kappa shape index (κ2) is 15.5. The number of fused-ring (bicyclic) bond motifs is 7. The van der Waals surface area contributed by atoms with Crippen molar-refractivity contribution in [1.82, 2.24) is 0 Å². The monoisotopic (exact) mass is 812 g/mol. The second-order valence-electron chi connectivity index (χ2n) is 19.9. The molecule has 326 valence electrons. The van der Waals surface area contributed by atoms with Gasteiger partial charge in [-0.2, -0.15) is 0 Å². The highest BCUT2D eigenvalue weighted by Crippen LogP contribution is 2.76. The van der Waals surface area contributed by atoms with Crippen LogP contribution < -0.4 is 0 Å². The standard InChI is InChI=1S/C42H68O15/c1-20-21(18-54-35-33(50)31(48)29(46)23(16-43)55-35)8-13-42(37(52)53)15-14-40(4)22(28(20)42)6-7-26-38(2)11-10-27(39(3,19-45)25(38)9-12-41(26,40)5)57-36-34(51)32(49)30(47)24(17-44)56-36/h6,20-21,23-36,43-51H,7-19H2,1-5H3,(H,52,53). The summed E-state index contributed by atoms with van der Waals surface area (Å²) in [4.78, 5) is 13.4. The molecule has 2 heterocycles. The number of carbonyl (C=O) groups is 1. The lowest BCUT2D eigenvalue weighted by Gasteiger charge is -2.71. The van der Waals surface area contributed by atoms with Crippen LogP contribution in [0, 0.1) is 56.7 Å². The highest BCUT2D eigenvalue weighted by Gasteiger charge is 2.70. The SMILES string of the molecule is CC1C(COC2OC(CO)C(O)C(O)C2O)CCC2(C(=O)O)CCC3(C)C(=CCC4C5(C)CCC(OC6OC(CO)C(O)C(O)C6O)C(C)(CO)C5CCC43C)C12. The van der Waals surface area contributed by atoms with Crippen LogP contribution in [0.25, 0.3) is 0 Å². The topological polar surface area (TPSA) is 256 Å². The Hall–Kier alpha value is -1.31. The Labute approximate surface area is 335 Å². The molecule has 5 aliphatic carbocycles. The summed E-state index contributed by atoms with van der Waals surface area (Å²) in [5.74, 6) is -1.01. The van der Waals surface area contributed by atoms with Crippen molar-refractivity contribution in [2.45, 2.75) is 160 Å². The van der Waals surface area contributed by atoms with Crippen LogP contribution in [0.1, 0.15) is 92.4 Å². The van der Waals surface area contributed by atoms with Gasteiger partial charge < -0.3 is 70.0 Å². The molecule has 15 nitrogen and oxygen atoms in total. The fourth-order valence-electron chi connectivity index (χ4n) is 14.0. The van der Waals surface area contributed by atoms with Crippen LogP contribution in [0.15, 0.2) is 11.6 Å². The number of hydrogen-bond acceptors (Lipinski definition) is 14. The number of aliphatic carboxylic acids is 1. The number of hydrogen-bond donors (Lipinski definition) is 10. The number of aliphatic hydroxyl groups excluding tert-OH is 9.